The predicted molar refractivity (Wildman–Crippen MR) is 69.8 cm³/mol. The number of ether oxygens (including phenoxy) is 1. The quantitative estimate of drug-likeness (QED) is 0.743. The lowest BCUT2D eigenvalue weighted by atomic mass is 10.3. The second kappa shape index (κ2) is 4.49. The number of benzene rings is 1. The van der Waals surface area contributed by atoms with Gasteiger partial charge in [-0.2, -0.15) is 0 Å². The summed E-state index contributed by atoms with van der Waals surface area (Å²) in [7, 11) is 0. The number of para-hydroxylation sites is 2. The van der Waals surface area contributed by atoms with Gasteiger partial charge in [0, 0.05) is 11.9 Å². The number of phenols is 1. The summed E-state index contributed by atoms with van der Waals surface area (Å²) >= 11 is 0. The first-order valence-corrected chi connectivity index (χ1v) is 5.74. The largest absolute Gasteiger partial charge is 0.504 e. The van der Waals surface area contributed by atoms with Crippen molar-refractivity contribution in [1.29, 1.82) is 0 Å². The zero-order valence-electron chi connectivity index (χ0n) is 10.0. The van der Waals surface area contributed by atoms with Gasteiger partial charge in [0.2, 0.25) is 0 Å². The Morgan fingerprint density at radius 2 is 2.00 bits per heavy atom. The summed E-state index contributed by atoms with van der Waals surface area (Å²) < 4.78 is 7.27. The molecule has 0 bridgehead atoms. The Labute approximate surface area is 109 Å². The van der Waals surface area contributed by atoms with Gasteiger partial charge in [-0.15, -0.1) is 10.2 Å². The topological polar surface area (TPSA) is 85.7 Å². The molecule has 6 heteroatoms. The van der Waals surface area contributed by atoms with Crippen molar-refractivity contribution in [3.05, 3.63) is 48.4 Å². The van der Waals surface area contributed by atoms with E-state index in [2.05, 4.69) is 10.2 Å². The molecule has 0 radical (unpaired) electrons. The van der Waals surface area contributed by atoms with Crippen molar-refractivity contribution in [3.63, 3.8) is 0 Å². The second-order valence-electron chi connectivity index (χ2n) is 4.06. The van der Waals surface area contributed by atoms with Crippen molar-refractivity contribution in [2.24, 2.45) is 0 Å². The lowest BCUT2D eigenvalue weighted by molar-refractivity contribution is 0.279. The lowest BCUT2D eigenvalue weighted by Gasteiger charge is -2.06. The summed E-state index contributed by atoms with van der Waals surface area (Å²) in [5, 5.41) is 17.7. The van der Waals surface area contributed by atoms with Crippen LogP contribution in [0.3, 0.4) is 0 Å². The smallest absolute Gasteiger partial charge is 0.175 e. The first-order chi connectivity index (χ1) is 9.24. The fraction of sp³-hybridized carbons (Fsp3) is 0.0769. The molecule has 3 N–H and O–H groups in total. The fourth-order valence-corrected chi connectivity index (χ4v) is 1.77. The molecule has 0 spiro atoms. The van der Waals surface area contributed by atoms with Crippen LogP contribution in [0.5, 0.6) is 11.5 Å². The SMILES string of the molecule is Nc1ccc2nnc(COc3ccccc3O)n2c1. The molecule has 3 rings (SSSR count). The predicted octanol–water partition coefficient (Wildman–Crippen LogP) is 1.60. The molecule has 0 aliphatic heterocycles. The third kappa shape index (κ3) is 2.15. The molecule has 0 aliphatic rings. The normalized spacial score (nSPS) is 10.7. The van der Waals surface area contributed by atoms with Crippen molar-refractivity contribution in [2.45, 2.75) is 6.61 Å². The maximum absolute atomic E-state index is 9.61. The summed E-state index contributed by atoms with van der Waals surface area (Å²) in [4.78, 5) is 0. The monoisotopic (exact) mass is 256 g/mol. The number of fused-ring (bicyclic) bond motifs is 1. The van der Waals surface area contributed by atoms with Crippen LogP contribution in [0.2, 0.25) is 0 Å². The number of nitrogens with two attached hydrogens (primary N) is 1. The molecular weight excluding hydrogens is 244 g/mol. The van der Waals surface area contributed by atoms with Gasteiger partial charge in [-0.1, -0.05) is 12.1 Å². The number of rotatable bonds is 3. The summed E-state index contributed by atoms with van der Waals surface area (Å²) in [6.45, 7) is 0.197. The first kappa shape index (κ1) is 11.3. The van der Waals surface area contributed by atoms with Crippen molar-refractivity contribution in [2.75, 3.05) is 5.73 Å². The van der Waals surface area contributed by atoms with Crippen LogP contribution in [0.25, 0.3) is 5.65 Å². The van der Waals surface area contributed by atoms with Gasteiger partial charge in [0.1, 0.15) is 6.61 Å². The molecule has 0 atom stereocenters. The molecule has 0 fully saturated rings. The Morgan fingerprint density at radius 3 is 2.84 bits per heavy atom. The minimum absolute atomic E-state index is 0.0934. The number of phenolic OH excluding ortho intramolecular Hbond substituents is 1. The van der Waals surface area contributed by atoms with Crippen molar-refractivity contribution in [3.8, 4) is 11.5 Å². The molecule has 6 nitrogen and oxygen atoms in total. The van der Waals surface area contributed by atoms with E-state index in [0.717, 1.165) is 0 Å². The van der Waals surface area contributed by atoms with E-state index in [0.29, 0.717) is 22.9 Å². The molecule has 0 amide bonds. The van der Waals surface area contributed by atoms with Gasteiger partial charge in [-0.25, -0.2) is 0 Å². The van der Waals surface area contributed by atoms with Crippen molar-refractivity contribution in [1.82, 2.24) is 14.6 Å². The van der Waals surface area contributed by atoms with Crippen LogP contribution in [0.4, 0.5) is 5.69 Å². The molecule has 1 aromatic carbocycles. The standard InChI is InChI=1S/C13H12N4O2/c14-9-5-6-12-15-16-13(17(12)7-9)8-19-11-4-2-1-3-10(11)18/h1-7,18H,8,14H2. The van der Waals surface area contributed by atoms with Gasteiger partial charge >= 0.3 is 0 Å². The van der Waals surface area contributed by atoms with Gasteiger partial charge in [-0.05, 0) is 24.3 Å². The molecule has 0 aliphatic carbocycles. The number of aromatic nitrogens is 3. The van der Waals surface area contributed by atoms with E-state index >= 15 is 0 Å². The average Bonchev–Trinajstić information content (AvgIpc) is 2.80. The van der Waals surface area contributed by atoms with E-state index in [1.54, 1.807) is 47.0 Å². The van der Waals surface area contributed by atoms with Crippen LogP contribution in [0.1, 0.15) is 5.82 Å². The fourth-order valence-electron chi connectivity index (χ4n) is 1.77. The number of nitrogens with zero attached hydrogens (tertiary/aromatic N) is 3. The summed E-state index contributed by atoms with van der Waals surface area (Å²) in [5.74, 6) is 1.12. The summed E-state index contributed by atoms with van der Waals surface area (Å²) in [5.41, 5.74) is 7.05. The zero-order valence-corrected chi connectivity index (χ0v) is 10.0. The van der Waals surface area contributed by atoms with Gasteiger partial charge < -0.3 is 15.6 Å². The molecule has 19 heavy (non-hydrogen) atoms. The Balaban J connectivity index is 1.86. The van der Waals surface area contributed by atoms with E-state index in [9.17, 15) is 5.11 Å². The van der Waals surface area contributed by atoms with E-state index < -0.39 is 0 Å². The number of anilines is 1. The Morgan fingerprint density at radius 1 is 1.16 bits per heavy atom. The molecular formula is C13H12N4O2. The molecule has 2 aromatic heterocycles. The van der Waals surface area contributed by atoms with Gasteiger partial charge in [-0.3, -0.25) is 4.40 Å². The van der Waals surface area contributed by atoms with Gasteiger partial charge in [0.25, 0.3) is 0 Å². The summed E-state index contributed by atoms with van der Waals surface area (Å²) in [6, 6.07) is 10.3. The minimum atomic E-state index is 0.0934. The second-order valence-corrected chi connectivity index (χ2v) is 4.06. The molecule has 3 aromatic rings. The van der Waals surface area contributed by atoms with E-state index in [4.69, 9.17) is 10.5 Å². The number of hydrogen-bond acceptors (Lipinski definition) is 5. The highest BCUT2D eigenvalue weighted by atomic mass is 16.5. The Kier molecular flexibility index (Phi) is 2.68. The summed E-state index contributed by atoms with van der Waals surface area (Å²) in [6.07, 6.45) is 1.73. The van der Waals surface area contributed by atoms with E-state index in [-0.39, 0.29) is 12.4 Å². The molecule has 0 saturated carbocycles. The van der Waals surface area contributed by atoms with Crippen molar-refractivity contribution < 1.29 is 9.84 Å². The Bertz CT molecular complexity index is 723. The number of nitrogen functional groups attached to an aromatic ring is 1. The van der Waals surface area contributed by atoms with Gasteiger partial charge in [0.05, 0.1) is 0 Å². The van der Waals surface area contributed by atoms with E-state index in [1.807, 2.05) is 0 Å². The molecule has 2 heterocycles. The highest BCUT2D eigenvalue weighted by Gasteiger charge is 2.07. The van der Waals surface area contributed by atoms with Crippen LogP contribution in [0.15, 0.2) is 42.6 Å². The molecule has 0 saturated heterocycles. The maximum Gasteiger partial charge on any atom is 0.175 e. The highest BCUT2D eigenvalue weighted by molar-refractivity contribution is 5.47. The third-order valence-electron chi connectivity index (χ3n) is 2.72. The van der Waals surface area contributed by atoms with Crippen LogP contribution >= 0.6 is 0 Å². The average molecular weight is 256 g/mol. The highest BCUT2D eigenvalue weighted by Crippen LogP contribution is 2.25. The Hall–Kier alpha value is -2.76. The molecule has 96 valence electrons. The first-order valence-electron chi connectivity index (χ1n) is 5.74. The number of hydrogen-bond donors (Lipinski definition) is 2. The van der Waals surface area contributed by atoms with Crippen LogP contribution in [-0.4, -0.2) is 19.7 Å². The van der Waals surface area contributed by atoms with Crippen LogP contribution < -0.4 is 10.5 Å². The number of aromatic hydroxyl groups is 1. The number of pyridine rings is 1. The third-order valence-corrected chi connectivity index (χ3v) is 2.72. The maximum atomic E-state index is 9.61. The minimum Gasteiger partial charge on any atom is -0.504 e. The van der Waals surface area contributed by atoms with Crippen LogP contribution in [-0.2, 0) is 6.61 Å². The molecule has 0 unspecified atom stereocenters. The van der Waals surface area contributed by atoms with E-state index in [1.165, 1.54) is 0 Å². The van der Waals surface area contributed by atoms with Gasteiger partial charge in [0.15, 0.2) is 23.0 Å². The van der Waals surface area contributed by atoms with Crippen molar-refractivity contribution >= 4 is 11.3 Å². The van der Waals surface area contributed by atoms with Crippen LogP contribution in [0, 0.1) is 0 Å². The zero-order chi connectivity index (χ0) is 13.2. The lowest BCUT2D eigenvalue weighted by Crippen LogP contribution is -2.02.